The summed E-state index contributed by atoms with van der Waals surface area (Å²) in [6.07, 6.45) is 0.536. The van der Waals surface area contributed by atoms with Gasteiger partial charge in [-0.25, -0.2) is 0 Å². The first kappa shape index (κ1) is 14.3. The van der Waals surface area contributed by atoms with Gasteiger partial charge in [0.15, 0.2) is 0 Å². The summed E-state index contributed by atoms with van der Waals surface area (Å²) in [5.74, 6) is -0.835. The first-order valence-electron chi connectivity index (χ1n) is 5.33. The topological polar surface area (TPSA) is 40.5 Å². The van der Waals surface area contributed by atoms with Crippen LogP contribution in [0.25, 0.3) is 0 Å². The maximum atomic E-state index is 11.0. The lowest BCUT2D eigenvalue weighted by molar-refractivity contribution is -0.143. The number of hydrogen-bond donors (Lipinski definition) is 1. The molecule has 0 spiro atoms. The molecule has 1 atom stereocenters. The molecule has 1 N–H and O–H groups in total. The summed E-state index contributed by atoms with van der Waals surface area (Å²) in [4.78, 5) is 12.8. The normalized spacial score (nSPS) is 12.8. The van der Waals surface area contributed by atoms with E-state index in [2.05, 4.69) is 0 Å². The van der Waals surface area contributed by atoms with Crippen molar-refractivity contribution in [2.75, 3.05) is 7.05 Å². The Hall–Kier alpha value is -0.770. The summed E-state index contributed by atoms with van der Waals surface area (Å²) in [5.41, 5.74) is 0.762. The van der Waals surface area contributed by atoms with Crippen LogP contribution in [0.15, 0.2) is 18.2 Å². The zero-order chi connectivity index (χ0) is 13.0. The molecule has 0 saturated carbocycles. The van der Waals surface area contributed by atoms with Gasteiger partial charge in [-0.1, -0.05) is 36.2 Å². The molecule has 1 rings (SSSR count). The van der Waals surface area contributed by atoms with Crippen LogP contribution in [0.2, 0.25) is 10.0 Å². The largest absolute Gasteiger partial charge is 0.480 e. The Labute approximate surface area is 111 Å². The van der Waals surface area contributed by atoms with Crippen LogP contribution in [0.3, 0.4) is 0 Å². The van der Waals surface area contributed by atoms with E-state index in [1.165, 1.54) is 0 Å². The van der Waals surface area contributed by atoms with Gasteiger partial charge in [0, 0.05) is 22.2 Å². The fourth-order valence-corrected chi connectivity index (χ4v) is 2.23. The molecular formula is C12H15Cl2NO2. The van der Waals surface area contributed by atoms with Gasteiger partial charge in [-0.05, 0) is 25.6 Å². The Bertz CT molecular complexity index is 389. The van der Waals surface area contributed by atoms with Crippen molar-refractivity contribution >= 4 is 29.2 Å². The van der Waals surface area contributed by atoms with Crippen molar-refractivity contribution in [2.24, 2.45) is 0 Å². The number of benzene rings is 1. The number of carbonyl (C=O) groups is 1. The lowest BCUT2D eigenvalue weighted by Crippen LogP contribution is -2.37. The van der Waals surface area contributed by atoms with E-state index in [4.69, 9.17) is 28.3 Å². The van der Waals surface area contributed by atoms with Crippen LogP contribution in [-0.2, 0) is 11.3 Å². The van der Waals surface area contributed by atoms with Crippen molar-refractivity contribution in [3.8, 4) is 0 Å². The monoisotopic (exact) mass is 275 g/mol. The number of aliphatic carboxylic acids is 1. The fourth-order valence-electron chi connectivity index (χ4n) is 1.72. The zero-order valence-electron chi connectivity index (χ0n) is 9.78. The van der Waals surface area contributed by atoms with Crippen molar-refractivity contribution in [3.63, 3.8) is 0 Å². The maximum absolute atomic E-state index is 11.0. The number of carboxylic acids is 1. The average Bonchev–Trinajstić information content (AvgIpc) is 2.24. The molecule has 0 bridgehead atoms. The number of nitrogens with zero attached hydrogens (tertiary/aromatic N) is 1. The highest BCUT2D eigenvalue weighted by atomic mass is 35.5. The summed E-state index contributed by atoms with van der Waals surface area (Å²) >= 11 is 12.1. The molecule has 0 radical (unpaired) electrons. The molecule has 1 unspecified atom stereocenters. The summed E-state index contributed by atoms with van der Waals surface area (Å²) < 4.78 is 0. The minimum atomic E-state index is -0.835. The third-order valence-corrected chi connectivity index (χ3v) is 3.38. The smallest absolute Gasteiger partial charge is 0.320 e. The second-order valence-electron chi connectivity index (χ2n) is 3.88. The molecular weight excluding hydrogens is 261 g/mol. The number of likely N-dealkylation sites (N-methyl/N-ethyl adjacent to an activating group) is 1. The van der Waals surface area contributed by atoms with Crippen LogP contribution in [0.4, 0.5) is 0 Å². The van der Waals surface area contributed by atoms with Gasteiger partial charge in [-0.15, -0.1) is 0 Å². The highest BCUT2D eigenvalue weighted by molar-refractivity contribution is 6.35. The van der Waals surface area contributed by atoms with Crippen LogP contribution >= 0.6 is 23.2 Å². The SMILES string of the molecule is CCC(C(=O)O)N(C)Cc1c(Cl)cccc1Cl. The maximum Gasteiger partial charge on any atom is 0.320 e. The number of rotatable bonds is 5. The van der Waals surface area contributed by atoms with Gasteiger partial charge < -0.3 is 5.11 Å². The second kappa shape index (κ2) is 6.24. The Morgan fingerprint density at radius 1 is 1.41 bits per heavy atom. The van der Waals surface area contributed by atoms with E-state index in [1.54, 1.807) is 30.1 Å². The molecule has 0 aliphatic carbocycles. The van der Waals surface area contributed by atoms with Gasteiger partial charge in [-0.3, -0.25) is 9.69 Å². The lowest BCUT2D eigenvalue weighted by Gasteiger charge is -2.24. The molecule has 0 fully saturated rings. The summed E-state index contributed by atoms with van der Waals surface area (Å²) in [6, 6.07) is 4.74. The van der Waals surface area contributed by atoms with E-state index < -0.39 is 12.0 Å². The summed E-state index contributed by atoms with van der Waals surface area (Å²) in [5, 5.41) is 10.2. The summed E-state index contributed by atoms with van der Waals surface area (Å²) in [6.45, 7) is 2.26. The first-order valence-corrected chi connectivity index (χ1v) is 6.08. The van der Waals surface area contributed by atoms with Crippen molar-refractivity contribution in [2.45, 2.75) is 25.9 Å². The van der Waals surface area contributed by atoms with Crippen LogP contribution in [0, 0.1) is 0 Å². The molecule has 17 heavy (non-hydrogen) atoms. The predicted molar refractivity (Wildman–Crippen MR) is 69.6 cm³/mol. The third kappa shape index (κ3) is 3.60. The highest BCUT2D eigenvalue weighted by Crippen LogP contribution is 2.26. The van der Waals surface area contributed by atoms with Crippen LogP contribution in [0.5, 0.6) is 0 Å². The molecule has 0 amide bonds. The lowest BCUT2D eigenvalue weighted by atomic mass is 10.1. The Morgan fingerprint density at radius 3 is 2.35 bits per heavy atom. The number of halogens is 2. The number of carboxylic acid groups (broad SMARTS) is 1. The van der Waals surface area contributed by atoms with Gasteiger partial charge >= 0.3 is 5.97 Å². The van der Waals surface area contributed by atoms with Crippen molar-refractivity contribution < 1.29 is 9.90 Å². The predicted octanol–water partition coefficient (Wildman–Crippen LogP) is 3.29. The molecule has 1 aromatic carbocycles. The molecule has 0 heterocycles. The van der Waals surface area contributed by atoms with E-state index in [-0.39, 0.29) is 0 Å². The van der Waals surface area contributed by atoms with E-state index in [1.807, 2.05) is 6.92 Å². The van der Waals surface area contributed by atoms with Gasteiger partial charge in [0.1, 0.15) is 6.04 Å². The Kier molecular flexibility index (Phi) is 5.25. The van der Waals surface area contributed by atoms with E-state index in [9.17, 15) is 4.79 Å². The van der Waals surface area contributed by atoms with E-state index in [0.29, 0.717) is 23.0 Å². The molecule has 1 aromatic rings. The molecule has 5 heteroatoms. The van der Waals surface area contributed by atoms with Crippen molar-refractivity contribution in [1.29, 1.82) is 0 Å². The van der Waals surface area contributed by atoms with E-state index in [0.717, 1.165) is 5.56 Å². The van der Waals surface area contributed by atoms with Crippen LogP contribution in [0.1, 0.15) is 18.9 Å². The van der Waals surface area contributed by atoms with Gasteiger partial charge in [0.25, 0.3) is 0 Å². The van der Waals surface area contributed by atoms with Gasteiger partial charge in [0.2, 0.25) is 0 Å². The Morgan fingerprint density at radius 2 is 1.94 bits per heavy atom. The molecule has 0 aromatic heterocycles. The minimum absolute atomic E-state index is 0.420. The minimum Gasteiger partial charge on any atom is -0.480 e. The first-order chi connectivity index (χ1) is 7.97. The van der Waals surface area contributed by atoms with Gasteiger partial charge in [0.05, 0.1) is 0 Å². The van der Waals surface area contributed by atoms with Crippen molar-refractivity contribution in [1.82, 2.24) is 4.90 Å². The highest BCUT2D eigenvalue weighted by Gasteiger charge is 2.21. The number of hydrogen-bond acceptors (Lipinski definition) is 2. The third-order valence-electron chi connectivity index (χ3n) is 2.67. The quantitative estimate of drug-likeness (QED) is 0.897. The fraction of sp³-hybridized carbons (Fsp3) is 0.417. The van der Waals surface area contributed by atoms with E-state index >= 15 is 0 Å². The van der Waals surface area contributed by atoms with Crippen LogP contribution < -0.4 is 0 Å². The molecule has 0 aliphatic heterocycles. The summed E-state index contributed by atoms with van der Waals surface area (Å²) in [7, 11) is 1.75. The van der Waals surface area contributed by atoms with Crippen molar-refractivity contribution in [3.05, 3.63) is 33.8 Å². The van der Waals surface area contributed by atoms with Gasteiger partial charge in [-0.2, -0.15) is 0 Å². The standard InChI is InChI=1S/C12H15Cl2NO2/c1-3-11(12(16)17)15(2)7-8-9(13)5-4-6-10(8)14/h4-6,11H,3,7H2,1-2H3,(H,16,17). The van der Waals surface area contributed by atoms with Crippen LogP contribution in [-0.4, -0.2) is 29.1 Å². The molecule has 0 aliphatic rings. The average molecular weight is 276 g/mol. The second-order valence-corrected chi connectivity index (χ2v) is 4.69. The molecule has 0 saturated heterocycles. The zero-order valence-corrected chi connectivity index (χ0v) is 11.3. The molecule has 3 nitrogen and oxygen atoms in total. The Balaban J connectivity index is 2.87. The molecule has 94 valence electrons.